The number of hydrogen-bond donors (Lipinski definition) is 2. The lowest BCUT2D eigenvalue weighted by Crippen LogP contribution is -2.40. The van der Waals surface area contributed by atoms with Gasteiger partial charge in [0.1, 0.15) is 5.82 Å². The van der Waals surface area contributed by atoms with Gasteiger partial charge in [0.25, 0.3) is 5.91 Å². The van der Waals surface area contributed by atoms with Crippen LogP contribution in [0, 0.1) is 5.82 Å². The Hall–Kier alpha value is -1.63. The summed E-state index contributed by atoms with van der Waals surface area (Å²) >= 11 is 0. The number of halogens is 4. The van der Waals surface area contributed by atoms with Crippen LogP contribution < -0.4 is 5.32 Å². The van der Waals surface area contributed by atoms with Gasteiger partial charge in [0, 0.05) is 0 Å². The van der Waals surface area contributed by atoms with Gasteiger partial charge in [-0.25, -0.2) is 4.39 Å². The van der Waals surface area contributed by atoms with Crippen molar-refractivity contribution in [2.75, 3.05) is 6.61 Å². The first-order valence-electron chi connectivity index (χ1n) is 5.58. The average Bonchev–Trinajstić information content (AvgIpc) is 3.08. The molecule has 0 atom stereocenters. The Bertz CT molecular complexity index is 509. The summed E-state index contributed by atoms with van der Waals surface area (Å²) in [4.78, 5) is 11.7. The predicted molar refractivity (Wildman–Crippen MR) is 57.9 cm³/mol. The van der Waals surface area contributed by atoms with Crippen molar-refractivity contribution in [2.45, 2.75) is 24.6 Å². The second kappa shape index (κ2) is 4.48. The average molecular weight is 277 g/mol. The molecular weight excluding hydrogens is 266 g/mol. The van der Waals surface area contributed by atoms with E-state index in [1.807, 2.05) is 0 Å². The van der Waals surface area contributed by atoms with Gasteiger partial charge in [0.2, 0.25) is 0 Å². The summed E-state index contributed by atoms with van der Waals surface area (Å²) in [7, 11) is 0. The van der Waals surface area contributed by atoms with E-state index in [0.717, 1.165) is 12.1 Å². The zero-order chi connectivity index (χ0) is 14.3. The van der Waals surface area contributed by atoms with Gasteiger partial charge < -0.3 is 10.4 Å². The van der Waals surface area contributed by atoms with Crippen molar-refractivity contribution < 1.29 is 27.5 Å². The Morgan fingerprint density at radius 3 is 2.47 bits per heavy atom. The largest absolute Gasteiger partial charge is 0.419 e. The molecule has 2 N–H and O–H groups in total. The van der Waals surface area contributed by atoms with Crippen molar-refractivity contribution in [2.24, 2.45) is 0 Å². The molecule has 0 heterocycles. The van der Waals surface area contributed by atoms with E-state index in [-0.39, 0.29) is 6.61 Å². The Balaban J connectivity index is 2.28. The molecule has 1 amide bonds. The molecule has 2 rings (SSSR count). The molecule has 0 aliphatic heterocycles. The van der Waals surface area contributed by atoms with Crippen molar-refractivity contribution in [1.82, 2.24) is 5.32 Å². The summed E-state index contributed by atoms with van der Waals surface area (Å²) < 4.78 is 51.2. The van der Waals surface area contributed by atoms with E-state index in [2.05, 4.69) is 5.32 Å². The van der Waals surface area contributed by atoms with E-state index >= 15 is 0 Å². The SMILES string of the molecule is O=C(NC1(CO)CC1)c1cccc(C(F)(F)F)c1F. The molecular formula is C12H11F4NO2. The first kappa shape index (κ1) is 13.8. The van der Waals surface area contributed by atoms with Crippen LogP contribution in [0.4, 0.5) is 17.6 Å². The molecule has 0 saturated heterocycles. The molecule has 0 bridgehead atoms. The fraction of sp³-hybridized carbons (Fsp3) is 0.417. The minimum atomic E-state index is -4.85. The smallest absolute Gasteiger partial charge is 0.394 e. The number of carbonyl (C=O) groups excluding carboxylic acids is 1. The quantitative estimate of drug-likeness (QED) is 0.831. The Morgan fingerprint density at radius 1 is 1.37 bits per heavy atom. The van der Waals surface area contributed by atoms with Gasteiger partial charge in [0.15, 0.2) is 0 Å². The second-order valence-corrected chi connectivity index (χ2v) is 4.56. The van der Waals surface area contributed by atoms with Gasteiger partial charge >= 0.3 is 6.18 Å². The lowest BCUT2D eigenvalue weighted by Gasteiger charge is -2.16. The van der Waals surface area contributed by atoms with Gasteiger partial charge in [-0.2, -0.15) is 13.2 Å². The minimum absolute atomic E-state index is 0.320. The van der Waals surface area contributed by atoms with E-state index in [1.54, 1.807) is 0 Å². The van der Waals surface area contributed by atoms with Gasteiger partial charge in [-0.1, -0.05) is 6.07 Å². The van der Waals surface area contributed by atoms with Crippen LogP contribution in [0.15, 0.2) is 18.2 Å². The van der Waals surface area contributed by atoms with E-state index in [9.17, 15) is 22.4 Å². The summed E-state index contributed by atoms with van der Waals surface area (Å²) in [5, 5.41) is 11.4. The normalized spacial score (nSPS) is 17.1. The van der Waals surface area contributed by atoms with E-state index in [0.29, 0.717) is 18.9 Å². The maximum atomic E-state index is 13.7. The summed E-state index contributed by atoms with van der Waals surface area (Å²) in [5.41, 5.74) is -2.96. The zero-order valence-electron chi connectivity index (χ0n) is 9.72. The lowest BCUT2D eigenvalue weighted by molar-refractivity contribution is -0.140. The van der Waals surface area contributed by atoms with E-state index in [4.69, 9.17) is 5.11 Å². The van der Waals surface area contributed by atoms with Gasteiger partial charge in [-0.05, 0) is 25.0 Å². The highest BCUT2D eigenvalue weighted by Gasteiger charge is 2.44. The van der Waals surface area contributed by atoms with E-state index < -0.39 is 34.6 Å². The van der Waals surface area contributed by atoms with Crippen molar-refractivity contribution in [1.29, 1.82) is 0 Å². The molecule has 1 aromatic rings. The van der Waals surface area contributed by atoms with Gasteiger partial charge in [-0.15, -0.1) is 0 Å². The molecule has 19 heavy (non-hydrogen) atoms. The molecule has 1 saturated carbocycles. The van der Waals surface area contributed by atoms with Crippen LogP contribution in [-0.2, 0) is 6.18 Å². The molecule has 0 aromatic heterocycles. The van der Waals surface area contributed by atoms with Crippen LogP contribution in [0.25, 0.3) is 0 Å². The summed E-state index contributed by atoms with van der Waals surface area (Å²) in [6.45, 7) is -0.320. The van der Waals surface area contributed by atoms with Crippen LogP contribution in [0.1, 0.15) is 28.8 Å². The number of carbonyl (C=O) groups is 1. The summed E-state index contributed by atoms with van der Waals surface area (Å²) in [6, 6.07) is 2.53. The van der Waals surface area contributed by atoms with Crippen LogP contribution in [0.2, 0.25) is 0 Å². The number of alkyl halides is 3. The molecule has 1 aromatic carbocycles. The van der Waals surface area contributed by atoms with Crippen molar-refractivity contribution in [3.05, 3.63) is 35.1 Å². The standard InChI is InChI=1S/C12H11F4NO2/c13-9-7(2-1-3-8(9)12(14,15)16)10(19)17-11(6-18)4-5-11/h1-3,18H,4-6H2,(H,17,19). The fourth-order valence-corrected chi connectivity index (χ4v) is 1.71. The Labute approximate surface area is 106 Å². The van der Waals surface area contributed by atoms with Crippen molar-refractivity contribution >= 4 is 5.91 Å². The van der Waals surface area contributed by atoms with Gasteiger partial charge in [-0.3, -0.25) is 4.79 Å². The topological polar surface area (TPSA) is 49.3 Å². The number of aliphatic hydroxyl groups is 1. The van der Waals surface area contributed by atoms with Crippen LogP contribution in [0.5, 0.6) is 0 Å². The second-order valence-electron chi connectivity index (χ2n) is 4.56. The van der Waals surface area contributed by atoms with Crippen LogP contribution in [-0.4, -0.2) is 23.2 Å². The zero-order valence-corrected chi connectivity index (χ0v) is 9.72. The molecule has 0 radical (unpaired) electrons. The number of nitrogens with one attached hydrogen (secondary N) is 1. The van der Waals surface area contributed by atoms with Crippen molar-refractivity contribution in [3.8, 4) is 0 Å². The molecule has 1 aliphatic rings. The molecule has 1 fully saturated rings. The number of aliphatic hydroxyl groups excluding tert-OH is 1. The van der Waals surface area contributed by atoms with Crippen molar-refractivity contribution in [3.63, 3.8) is 0 Å². The molecule has 104 valence electrons. The Kier molecular flexibility index (Phi) is 3.25. The number of amides is 1. The highest BCUT2D eigenvalue weighted by Crippen LogP contribution is 2.36. The lowest BCUT2D eigenvalue weighted by atomic mass is 10.1. The summed E-state index contributed by atoms with van der Waals surface area (Å²) in [5.74, 6) is -2.55. The summed E-state index contributed by atoms with van der Waals surface area (Å²) in [6.07, 6.45) is -3.81. The minimum Gasteiger partial charge on any atom is -0.394 e. The highest BCUT2D eigenvalue weighted by atomic mass is 19.4. The van der Waals surface area contributed by atoms with Gasteiger partial charge in [0.05, 0.1) is 23.3 Å². The molecule has 1 aliphatic carbocycles. The molecule has 7 heteroatoms. The van der Waals surface area contributed by atoms with E-state index in [1.165, 1.54) is 0 Å². The number of rotatable bonds is 3. The number of benzene rings is 1. The first-order valence-corrected chi connectivity index (χ1v) is 5.58. The maximum absolute atomic E-state index is 13.7. The van der Waals surface area contributed by atoms with Crippen LogP contribution >= 0.6 is 0 Å². The first-order chi connectivity index (χ1) is 8.79. The third-order valence-corrected chi connectivity index (χ3v) is 3.08. The van der Waals surface area contributed by atoms with Crippen LogP contribution in [0.3, 0.4) is 0 Å². The third kappa shape index (κ3) is 2.70. The monoisotopic (exact) mass is 277 g/mol. The third-order valence-electron chi connectivity index (χ3n) is 3.08. The molecule has 0 unspecified atom stereocenters. The highest BCUT2D eigenvalue weighted by molar-refractivity contribution is 5.95. The molecule has 0 spiro atoms. The maximum Gasteiger partial charge on any atom is 0.419 e. The number of hydrogen-bond acceptors (Lipinski definition) is 2. The Morgan fingerprint density at radius 2 is 2.00 bits per heavy atom. The molecule has 3 nitrogen and oxygen atoms in total. The fourth-order valence-electron chi connectivity index (χ4n) is 1.71. The predicted octanol–water partition coefficient (Wildman–Crippen LogP) is 2.10.